The molecule has 6 nitrogen and oxygen atoms in total. The van der Waals surface area contributed by atoms with Crippen molar-refractivity contribution < 1.29 is 18.7 Å². The average Bonchev–Trinajstić information content (AvgIpc) is 2.92. The first-order valence-electron chi connectivity index (χ1n) is 6.84. The first-order chi connectivity index (χ1) is 10.5. The van der Waals surface area contributed by atoms with E-state index in [2.05, 4.69) is 5.32 Å². The van der Waals surface area contributed by atoms with Crippen molar-refractivity contribution in [2.24, 2.45) is 5.73 Å². The Labute approximate surface area is 128 Å². The first-order valence-corrected chi connectivity index (χ1v) is 6.84. The van der Waals surface area contributed by atoms with Crippen LogP contribution in [-0.2, 0) is 4.79 Å². The summed E-state index contributed by atoms with van der Waals surface area (Å²) >= 11 is 0. The van der Waals surface area contributed by atoms with E-state index in [-0.39, 0.29) is 24.3 Å². The van der Waals surface area contributed by atoms with E-state index in [0.717, 1.165) is 5.56 Å². The molecule has 22 heavy (non-hydrogen) atoms. The van der Waals surface area contributed by atoms with Crippen molar-refractivity contribution in [1.29, 1.82) is 0 Å². The van der Waals surface area contributed by atoms with E-state index in [9.17, 15) is 9.59 Å². The van der Waals surface area contributed by atoms with Crippen molar-refractivity contribution in [3.63, 3.8) is 0 Å². The van der Waals surface area contributed by atoms with Gasteiger partial charge in [-0.1, -0.05) is 12.1 Å². The molecular formula is C16H18N2O4. The number of carbonyl (C=O) groups is 2. The molecule has 6 heteroatoms. The van der Waals surface area contributed by atoms with Crippen LogP contribution in [0.25, 0.3) is 0 Å². The smallest absolute Gasteiger partial charge is 0.287 e. The summed E-state index contributed by atoms with van der Waals surface area (Å²) in [6.45, 7) is 3.49. The second-order valence-corrected chi connectivity index (χ2v) is 4.93. The number of rotatable bonds is 6. The third kappa shape index (κ3) is 4.12. The maximum Gasteiger partial charge on any atom is 0.287 e. The number of aryl methyl sites for hydroxylation is 1. The van der Waals surface area contributed by atoms with Gasteiger partial charge in [-0.2, -0.15) is 0 Å². The van der Waals surface area contributed by atoms with Gasteiger partial charge in [0.2, 0.25) is 0 Å². The van der Waals surface area contributed by atoms with Gasteiger partial charge in [0.25, 0.3) is 11.8 Å². The number of benzene rings is 1. The van der Waals surface area contributed by atoms with Gasteiger partial charge >= 0.3 is 0 Å². The molecule has 2 amide bonds. The highest BCUT2D eigenvalue weighted by molar-refractivity contribution is 5.91. The number of ether oxygens (including phenoxy) is 1. The standard InChI is InChI=1S/C16H18N2O4/c1-10-3-8-14(22-10)16(20)18-11(2)12-4-6-13(7-5-12)21-9-15(17)19/h3-8,11H,9H2,1-2H3,(H2,17,19)(H,18,20)/t11-/m0/s1. The van der Waals surface area contributed by atoms with Crippen molar-refractivity contribution >= 4 is 11.8 Å². The zero-order valence-corrected chi connectivity index (χ0v) is 12.5. The van der Waals surface area contributed by atoms with Crippen LogP contribution >= 0.6 is 0 Å². The molecule has 2 rings (SSSR count). The summed E-state index contributed by atoms with van der Waals surface area (Å²) in [5.41, 5.74) is 5.92. The topological polar surface area (TPSA) is 94.6 Å². The molecule has 2 aromatic rings. The number of furan rings is 1. The summed E-state index contributed by atoms with van der Waals surface area (Å²) in [7, 11) is 0. The number of nitrogens with one attached hydrogen (secondary N) is 1. The number of hydrogen-bond donors (Lipinski definition) is 2. The Hall–Kier alpha value is -2.76. The van der Waals surface area contributed by atoms with Crippen LogP contribution in [0.3, 0.4) is 0 Å². The van der Waals surface area contributed by atoms with Crippen LogP contribution in [0.15, 0.2) is 40.8 Å². The van der Waals surface area contributed by atoms with Crippen LogP contribution in [0.1, 0.15) is 34.8 Å². The number of hydrogen-bond acceptors (Lipinski definition) is 4. The molecule has 1 heterocycles. The van der Waals surface area contributed by atoms with Crippen LogP contribution in [0.4, 0.5) is 0 Å². The maximum absolute atomic E-state index is 12.0. The molecule has 0 bridgehead atoms. The molecule has 0 saturated carbocycles. The van der Waals surface area contributed by atoms with Crippen LogP contribution in [-0.4, -0.2) is 18.4 Å². The van der Waals surface area contributed by atoms with Crippen LogP contribution in [0, 0.1) is 6.92 Å². The Morgan fingerprint density at radius 1 is 1.23 bits per heavy atom. The number of primary amides is 1. The lowest BCUT2D eigenvalue weighted by Gasteiger charge is -2.14. The number of nitrogens with two attached hydrogens (primary N) is 1. The van der Waals surface area contributed by atoms with Gasteiger partial charge in [-0.05, 0) is 43.7 Å². The highest BCUT2D eigenvalue weighted by Gasteiger charge is 2.14. The second kappa shape index (κ2) is 6.80. The predicted octanol–water partition coefficient (Wildman–Crippen LogP) is 1.94. The molecule has 1 aromatic carbocycles. The minimum Gasteiger partial charge on any atom is -0.484 e. The van der Waals surface area contributed by atoms with Gasteiger partial charge in [0.15, 0.2) is 12.4 Å². The van der Waals surface area contributed by atoms with Gasteiger partial charge in [-0.15, -0.1) is 0 Å². The Morgan fingerprint density at radius 2 is 1.91 bits per heavy atom. The summed E-state index contributed by atoms with van der Waals surface area (Å²) in [6.07, 6.45) is 0. The summed E-state index contributed by atoms with van der Waals surface area (Å²) in [6, 6.07) is 10.3. The molecule has 0 radical (unpaired) electrons. The van der Waals surface area contributed by atoms with Gasteiger partial charge < -0.3 is 20.2 Å². The summed E-state index contributed by atoms with van der Waals surface area (Å²) < 4.78 is 10.5. The van der Waals surface area contributed by atoms with Crippen LogP contribution < -0.4 is 15.8 Å². The van der Waals surface area contributed by atoms with E-state index in [1.807, 2.05) is 19.1 Å². The van der Waals surface area contributed by atoms with Crippen molar-refractivity contribution in [2.75, 3.05) is 6.61 Å². The lowest BCUT2D eigenvalue weighted by Crippen LogP contribution is -2.26. The molecule has 0 saturated heterocycles. The fourth-order valence-corrected chi connectivity index (χ4v) is 1.91. The molecule has 1 aromatic heterocycles. The van der Waals surface area contributed by atoms with Crippen LogP contribution in [0.2, 0.25) is 0 Å². The highest BCUT2D eigenvalue weighted by atomic mass is 16.5. The summed E-state index contributed by atoms with van der Waals surface area (Å²) in [5.74, 6) is 0.718. The van der Waals surface area contributed by atoms with Crippen molar-refractivity contribution in [3.05, 3.63) is 53.5 Å². The summed E-state index contributed by atoms with van der Waals surface area (Å²) in [5, 5.41) is 2.85. The van der Waals surface area contributed by atoms with Crippen molar-refractivity contribution in [3.8, 4) is 5.75 Å². The van der Waals surface area contributed by atoms with E-state index in [1.165, 1.54) is 0 Å². The van der Waals surface area contributed by atoms with Crippen LogP contribution in [0.5, 0.6) is 5.75 Å². The Balaban J connectivity index is 1.96. The normalized spacial score (nSPS) is 11.7. The Kier molecular flexibility index (Phi) is 4.83. The van der Waals surface area contributed by atoms with Gasteiger partial charge in [0, 0.05) is 0 Å². The molecule has 116 valence electrons. The van der Waals surface area contributed by atoms with E-state index in [1.54, 1.807) is 31.2 Å². The van der Waals surface area contributed by atoms with E-state index in [0.29, 0.717) is 11.5 Å². The fraction of sp³-hybridized carbons (Fsp3) is 0.250. The number of amides is 2. The molecule has 0 aliphatic carbocycles. The molecule has 0 unspecified atom stereocenters. The zero-order chi connectivity index (χ0) is 16.1. The zero-order valence-electron chi connectivity index (χ0n) is 12.5. The maximum atomic E-state index is 12.0. The first kappa shape index (κ1) is 15.6. The molecule has 0 fully saturated rings. The van der Waals surface area contributed by atoms with Gasteiger partial charge in [-0.25, -0.2) is 0 Å². The monoisotopic (exact) mass is 302 g/mol. The number of carbonyl (C=O) groups excluding carboxylic acids is 2. The van der Waals surface area contributed by atoms with Gasteiger partial charge in [-0.3, -0.25) is 9.59 Å². The molecule has 0 spiro atoms. The minimum atomic E-state index is -0.529. The van der Waals surface area contributed by atoms with Crippen molar-refractivity contribution in [1.82, 2.24) is 5.32 Å². The lowest BCUT2D eigenvalue weighted by atomic mass is 10.1. The van der Waals surface area contributed by atoms with Gasteiger partial charge in [0.05, 0.1) is 6.04 Å². The summed E-state index contributed by atoms with van der Waals surface area (Å²) in [4.78, 5) is 22.7. The molecule has 0 aliphatic heterocycles. The molecule has 3 N–H and O–H groups in total. The third-order valence-corrected chi connectivity index (χ3v) is 3.07. The minimum absolute atomic E-state index is 0.163. The Morgan fingerprint density at radius 3 is 2.45 bits per heavy atom. The fourth-order valence-electron chi connectivity index (χ4n) is 1.91. The highest BCUT2D eigenvalue weighted by Crippen LogP contribution is 2.18. The molecule has 0 aliphatic rings. The Bertz CT molecular complexity index is 661. The SMILES string of the molecule is Cc1ccc(C(=O)N[C@@H](C)c2ccc(OCC(N)=O)cc2)o1. The van der Waals surface area contributed by atoms with E-state index in [4.69, 9.17) is 14.9 Å². The molecular weight excluding hydrogens is 284 g/mol. The van der Waals surface area contributed by atoms with E-state index >= 15 is 0 Å². The quantitative estimate of drug-likeness (QED) is 0.852. The predicted molar refractivity (Wildman–Crippen MR) is 80.5 cm³/mol. The largest absolute Gasteiger partial charge is 0.484 e. The molecule has 1 atom stereocenters. The second-order valence-electron chi connectivity index (χ2n) is 4.93. The average molecular weight is 302 g/mol. The van der Waals surface area contributed by atoms with Crippen molar-refractivity contribution in [2.45, 2.75) is 19.9 Å². The van der Waals surface area contributed by atoms with Gasteiger partial charge in [0.1, 0.15) is 11.5 Å². The lowest BCUT2D eigenvalue weighted by molar-refractivity contribution is -0.119. The van der Waals surface area contributed by atoms with E-state index < -0.39 is 5.91 Å². The third-order valence-electron chi connectivity index (χ3n) is 3.07.